The number of rotatable bonds is 15. The number of amidine groups is 1. The second kappa shape index (κ2) is 17.3. The molecular formula is C35H42N6O6. The van der Waals surface area contributed by atoms with Crippen molar-refractivity contribution in [3.8, 4) is 5.75 Å². The SMILES string of the molecule is CCCCCCOC(=O)NC(=N)c1ccc(NCc2nc3c(C)c(OC(=O)N(CCC(=O)OCC)c4ccccc4)ccc3[nH]2)cc1. The fourth-order valence-corrected chi connectivity index (χ4v) is 4.80. The van der Waals surface area contributed by atoms with Crippen LogP contribution in [0.1, 0.15) is 62.9 Å². The highest BCUT2D eigenvalue weighted by atomic mass is 16.6. The number of aromatic amines is 1. The van der Waals surface area contributed by atoms with E-state index < -0.39 is 18.2 Å². The van der Waals surface area contributed by atoms with E-state index in [0.717, 1.165) is 36.9 Å². The molecule has 4 rings (SSSR count). The summed E-state index contributed by atoms with van der Waals surface area (Å²) in [6, 6.07) is 19.6. The van der Waals surface area contributed by atoms with Gasteiger partial charge in [0.05, 0.1) is 37.2 Å². The molecule has 0 bridgehead atoms. The number of aromatic nitrogens is 2. The minimum Gasteiger partial charge on any atom is -0.466 e. The molecule has 1 heterocycles. The number of benzene rings is 3. The minimum atomic E-state index is -0.630. The fourth-order valence-electron chi connectivity index (χ4n) is 4.80. The van der Waals surface area contributed by atoms with Gasteiger partial charge in [0.25, 0.3) is 0 Å². The van der Waals surface area contributed by atoms with Crippen molar-refractivity contribution in [1.29, 1.82) is 5.41 Å². The number of amides is 2. The lowest BCUT2D eigenvalue weighted by atomic mass is 10.2. The number of anilines is 2. The molecule has 0 aliphatic rings. The van der Waals surface area contributed by atoms with Crippen LogP contribution in [0, 0.1) is 12.3 Å². The van der Waals surface area contributed by atoms with Crippen molar-refractivity contribution in [3.63, 3.8) is 0 Å². The van der Waals surface area contributed by atoms with Crippen LogP contribution in [0.3, 0.4) is 0 Å². The van der Waals surface area contributed by atoms with E-state index in [-0.39, 0.29) is 25.4 Å². The highest BCUT2D eigenvalue weighted by Crippen LogP contribution is 2.27. The number of ether oxygens (including phenoxy) is 3. The largest absolute Gasteiger partial charge is 0.466 e. The first-order valence-corrected chi connectivity index (χ1v) is 15.8. The Kier molecular flexibility index (Phi) is 12.7. The first-order chi connectivity index (χ1) is 22.8. The Morgan fingerprint density at radius 3 is 2.43 bits per heavy atom. The van der Waals surface area contributed by atoms with Crippen molar-refractivity contribution in [2.45, 2.75) is 59.4 Å². The van der Waals surface area contributed by atoms with Crippen LogP contribution >= 0.6 is 0 Å². The number of carbonyl (C=O) groups is 3. The summed E-state index contributed by atoms with van der Waals surface area (Å²) in [6.07, 6.45) is 2.81. The lowest BCUT2D eigenvalue weighted by Crippen LogP contribution is -2.35. The zero-order valence-electron chi connectivity index (χ0n) is 27.1. The van der Waals surface area contributed by atoms with E-state index in [2.05, 4.69) is 22.5 Å². The van der Waals surface area contributed by atoms with E-state index in [0.29, 0.717) is 47.1 Å². The Hall–Kier alpha value is -5.39. The minimum absolute atomic E-state index is 0.0294. The highest BCUT2D eigenvalue weighted by molar-refractivity contribution is 6.04. The van der Waals surface area contributed by atoms with Crippen LogP contribution in [0.5, 0.6) is 5.75 Å². The molecule has 4 N–H and O–H groups in total. The van der Waals surface area contributed by atoms with Crippen molar-refractivity contribution >= 4 is 46.4 Å². The summed E-state index contributed by atoms with van der Waals surface area (Å²) in [4.78, 5) is 46.7. The number of unbranched alkanes of at least 4 members (excludes halogenated alkanes) is 3. The summed E-state index contributed by atoms with van der Waals surface area (Å²) in [5.74, 6) is 0.601. The second-order valence-electron chi connectivity index (χ2n) is 10.8. The Morgan fingerprint density at radius 2 is 1.70 bits per heavy atom. The van der Waals surface area contributed by atoms with Crippen molar-refractivity contribution in [2.75, 3.05) is 30.0 Å². The Morgan fingerprint density at radius 1 is 0.936 bits per heavy atom. The Bertz CT molecular complexity index is 1650. The maximum Gasteiger partial charge on any atom is 0.419 e. The molecule has 47 heavy (non-hydrogen) atoms. The Labute approximate surface area is 274 Å². The molecule has 0 aliphatic carbocycles. The van der Waals surface area contributed by atoms with Gasteiger partial charge < -0.3 is 24.5 Å². The molecule has 0 saturated carbocycles. The normalized spacial score (nSPS) is 10.7. The molecule has 0 atom stereocenters. The van der Waals surface area contributed by atoms with E-state index in [1.54, 1.807) is 43.3 Å². The van der Waals surface area contributed by atoms with Crippen molar-refractivity contribution in [3.05, 3.63) is 83.7 Å². The van der Waals surface area contributed by atoms with Crippen molar-refractivity contribution in [1.82, 2.24) is 15.3 Å². The van der Waals surface area contributed by atoms with Gasteiger partial charge in [0.2, 0.25) is 0 Å². The topological polar surface area (TPSA) is 159 Å². The molecular weight excluding hydrogens is 600 g/mol. The van der Waals surface area contributed by atoms with Gasteiger partial charge in [0.1, 0.15) is 17.4 Å². The standard InChI is InChI=1S/C35H42N6O6/c1-4-6-7-11-22-46-34(43)40-33(36)25-14-16-26(17-15-25)37-23-30-38-28-18-19-29(24(3)32(28)39-30)47-35(44)41(21-20-31(42)45-5-2)27-12-9-8-10-13-27/h8-10,12-19,37H,4-7,11,20-23H2,1-3H3,(H,38,39)(H2,36,40,43). The van der Waals surface area contributed by atoms with E-state index in [1.165, 1.54) is 4.90 Å². The van der Waals surface area contributed by atoms with Gasteiger partial charge in [-0.3, -0.25) is 20.4 Å². The van der Waals surface area contributed by atoms with Crippen LogP contribution in [0.4, 0.5) is 21.0 Å². The highest BCUT2D eigenvalue weighted by Gasteiger charge is 2.21. The number of alkyl carbamates (subject to hydrolysis) is 1. The molecule has 3 aromatic carbocycles. The predicted octanol–water partition coefficient (Wildman–Crippen LogP) is 7.07. The molecule has 0 spiro atoms. The third-order valence-corrected chi connectivity index (χ3v) is 7.33. The van der Waals surface area contributed by atoms with E-state index in [4.69, 9.17) is 24.6 Å². The molecule has 0 saturated heterocycles. The van der Waals surface area contributed by atoms with Gasteiger partial charge in [0.15, 0.2) is 0 Å². The molecule has 248 valence electrons. The number of nitrogens with one attached hydrogen (secondary N) is 4. The molecule has 0 radical (unpaired) electrons. The van der Waals surface area contributed by atoms with Crippen LogP contribution in [0.2, 0.25) is 0 Å². The van der Waals surface area contributed by atoms with Crippen molar-refractivity contribution in [2.24, 2.45) is 0 Å². The lowest BCUT2D eigenvalue weighted by Gasteiger charge is -2.22. The summed E-state index contributed by atoms with van der Waals surface area (Å²) >= 11 is 0. The summed E-state index contributed by atoms with van der Waals surface area (Å²) in [7, 11) is 0. The molecule has 12 heteroatoms. The van der Waals surface area contributed by atoms with Gasteiger partial charge in [-0.05, 0) is 68.8 Å². The van der Waals surface area contributed by atoms with Gasteiger partial charge in [-0.2, -0.15) is 0 Å². The first-order valence-electron chi connectivity index (χ1n) is 15.8. The number of aryl methyl sites for hydroxylation is 1. The van der Waals surface area contributed by atoms with Gasteiger partial charge in [-0.1, -0.05) is 44.4 Å². The van der Waals surface area contributed by atoms with Crippen LogP contribution < -0.4 is 20.3 Å². The quantitative estimate of drug-likeness (QED) is 0.0464. The number of fused-ring (bicyclic) bond motifs is 1. The number of carbonyl (C=O) groups excluding carboxylic acids is 3. The van der Waals surface area contributed by atoms with Gasteiger partial charge in [0, 0.05) is 29.0 Å². The fraction of sp³-hybridized carbons (Fsp3) is 0.343. The molecule has 0 unspecified atom stereocenters. The molecule has 4 aromatic rings. The third-order valence-electron chi connectivity index (χ3n) is 7.33. The summed E-state index contributed by atoms with van der Waals surface area (Å²) in [6.45, 7) is 6.78. The number of H-pyrrole nitrogens is 1. The number of nitrogens with zero attached hydrogens (tertiary/aromatic N) is 2. The number of esters is 1. The molecule has 0 fully saturated rings. The van der Waals surface area contributed by atoms with Gasteiger partial charge in [-0.15, -0.1) is 0 Å². The lowest BCUT2D eigenvalue weighted by molar-refractivity contribution is -0.142. The van der Waals surface area contributed by atoms with E-state index in [1.807, 2.05) is 37.3 Å². The second-order valence-corrected chi connectivity index (χ2v) is 10.8. The molecule has 2 amide bonds. The summed E-state index contributed by atoms with van der Waals surface area (Å²) < 4.78 is 16.0. The zero-order valence-corrected chi connectivity index (χ0v) is 27.1. The average Bonchev–Trinajstić information content (AvgIpc) is 3.50. The van der Waals surface area contributed by atoms with Crippen LogP contribution in [0.15, 0.2) is 66.7 Å². The number of imidazole rings is 1. The number of para-hydroxylation sites is 1. The average molecular weight is 643 g/mol. The third kappa shape index (κ3) is 10.1. The van der Waals surface area contributed by atoms with Crippen LogP contribution in [0.25, 0.3) is 11.0 Å². The zero-order chi connectivity index (χ0) is 33.6. The monoisotopic (exact) mass is 642 g/mol. The predicted molar refractivity (Wildman–Crippen MR) is 181 cm³/mol. The van der Waals surface area contributed by atoms with Crippen LogP contribution in [-0.2, 0) is 20.8 Å². The maximum atomic E-state index is 13.3. The first kappa shape index (κ1) is 34.5. The van der Waals surface area contributed by atoms with Crippen LogP contribution in [-0.4, -0.2) is 53.7 Å². The van der Waals surface area contributed by atoms with Gasteiger partial charge in [-0.25, -0.2) is 14.6 Å². The Balaban J connectivity index is 1.34. The van der Waals surface area contributed by atoms with Gasteiger partial charge >= 0.3 is 18.2 Å². The number of hydrogen-bond acceptors (Lipinski definition) is 9. The molecule has 0 aliphatic heterocycles. The molecule has 1 aromatic heterocycles. The van der Waals surface area contributed by atoms with Crippen molar-refractivity contribution < 1.29 is 28.6 Å². The number of hydrogen-bond donors (Lipinski definition) is 4. The summed E-state index contributed by atoms with van der Waals surface area (Å²) in [5, 5.41) is 13.9. The maximum absolute atomic E-state index is 13.3. The summed E-state index contributed by atoms with van der Waals surface area (Å²) in [5.41, 5.74) is 4.09. The molecule has 12 nitrogen and oxygen atoms in total. The van der Waals surface area contributed by atoms with E-state index >= 15 is 0 Å². The van der Waals surface area contributed by atoms with E-state index in [9.17, 15) is 14.4 Å². The smallest absolute Gasteiger partial charge is 0.419 e.